The van der Waals surface area contributed by atoms with Gasteiger partial charge in [-0.1, -0.05) is 0 Å². The van der Waals surface area contributed by atoms with Gasteiger partial charge in [-0.15, -0.1) is 0 Å². The quantitative estimate of drug-likeness (QED) is 0.836. The van der Waals surface area contributed by atoms with Crippen LogP contribution in [-0.4, -0.2) is 55.1 Å². The number of methoxy groups -OCH3 is 2. The lowest BCUT2D eigenvalue weighted by Gasteiger charge is -2.30. The van der Waals surface area contributed by atoms with E-state index in [-0.39, 0.29) is 34.7 Å². The standard InChI is InChI=1S/C17H22N2O6/c1-10(20)19-6-4-11(5-7-19)16(21)18-13-9-15(25-3)14(24-2)8-12(13)17(22)23/h8-9,11H,4-7H2,1-3H3,(H,18,21)(H,22,23). The van der Waals surface area contributed by atoms with Gasteiger partial charge in [0.2, 0.25) is 11.8 Å². The number of amides is 2. The number of carbonyl (C=O) groups is 3. The van der Waals surface area contributed by atoms with Crippen LogP contribution in [0.1, 0.15) is 30.1 Å². The molecule has 1 aromatic rings. The Balaban J connectivity index is 2.17. The molecule has 0 bridgehead atoms. The number of carboxylic acids is 1. The minimum Gasteiger partial charge on any atom is -0.493 e. The summed E-state index contributed by atoms with van der Waals surface area (Å²) in [5, 5.41) is 12.0. The van der Waals surface area contributed by atoms with Crippen LogP contribution in [-0.2, 0) is 9.59 Å². The van der Waals surface area contributed by atoms with Gasteiger partial charge in [0.15, 0.2) is 11.5 Å². The highest BCUT2D eigenvalue weighted by Gasteiger charge is 2.27. The van der Waals surface area contributed by atoms with Gasteiger partial charge < -0.3 is 24.8 Å². The van der Waals surface area contributed by atoms with Crippen molar-refractivity contribution in [2.75, 3.05) is 32.6 Å². The van der Waals surface area contributed by atoms with Gasteiger partial charge in [0.05, 0.1) is 25.5 Å². The monoisotopic (exact) mass is 350 g/mol. The molecule has 1 heterocycles. The topological polar surface area (TPSA) is 105 Å². The van der Waals surface area contributed by atoms with Gasteiger partial charge in [-0.3, -0.25) is 9.59 Å². The zero-order valence-electron chi connectivity index (χ0n) is 14.5. The molecule has 8 nitrogen and oxygen atoms in total. The summed E-state index contributed by atoms with van der Waals surface area (Å²) in [5.74, 6) is -1.13. The highest BCUT2D eigenvalue weighted by atomic mass is 16.5. The molecule has 1 saturated heterocycles. The van der Waals surface area contributed by atoms with Crippen LogP contribution in [0, 0.1) is 5.92 Å². The Morgan fingerprint density at radius 1 is 1.12 bits per heavy atom. The molecule has 0 aliphatic carbocycles. The molecule has 1 aliphatic heterocycles. The third kappa shape index (κ3) is 4.20. The largest absolute Gasteiger partial charge is 0.493 e. The molecule has 25 heavy (non-hydrogen) atoms. The van der Waals surface area contributed by atoms with Crippen molar-refractivity contribution in [2.45, 2.75) is 19.8 Å². The van der Waals surface area contributed by atoms with Crippen LogP contribution in [0.25, 0.3) is 0 Å². The van der Waals surface area contributed by atoms with Crippen molar-refractivity contribution in [3.63, 3.8) is 0 Å². The molecule has 1 fully saturated rings. The van der Waals surface area contributed by atoms with Crippen molar-refractivity contribution >= 4 is 23.5 Å². The van der Waals surface area contributed by atoms with Gasteiger partial charge in [-0.05, 0) is 12.8 Å². The van der Waals surface area contributed by atoms with Crippen molar-refractivity contribution in [1.29, 1.82) is 0 Å². The number of aromatic carboxylic acids is 1. The van der Waals surface area contributed by atoms with Crippen molar-refractivity contribution in [1.82, 2.24) is 4.90 Å². The van der Waals surface area contributed by atoms with Gasteiger partial charge in [-0.25, -0.2) is 4.79 Å². The molecule has 1 aliphatic rings. The average Bonchev–Trinajstić information content (AvgIpc) is 2.60. The number of ether oxygens (including phenoxy) is 2. The summed E-state index contributed by atoms with van der Waals surface area (Å²) in [6.07, 6.45) is 1.09. The lowest BCUT2D eigenvalue weighted by Crippen LogP contribution is -2.40. The van der Waals surface area contributed by atoms with E-state index in [1.165, 1.54) is 33.3 Å². The Labute approximate surface area is 145 Å². The van der Waals surface area contributed by atoms with Crippen LogP contribution < -0.4 is 14.8 Å². The number of nitrogens with zero attached hydrogens (tertiary/aromatic N) is 1. The summed E-state index contributed by atoms with van der Waals surface area (Å²) in [5.41, 5.74) is 0.0799. The first-order valence-electron chi connectivity index (χ1n) is 7.93. The summed E-state index contributed by atoms with van der Waals surface area (Å²) in [6.45, 7) is 2.54. The lowest BCUT2D eigenvalue weighted by molar-refractivity contribution is -0.132. The van der Waals surface area contributed by atoms with E-state index >= 15 is 0 Å². The fraction of sp³-hybridized carbons (Fsp3) is 0.471. The minimum absolute atomic E-state index is 0.00749. The number of piperidine rings is 1. The maximum Gasteiger partial charge on any atom is 0.337 e. The molecule has 0 saturated carbocycles. The van der Waals surface area contributed by atoms with E-state index in [1.807, 2.05) is 0 Å². The molecule has 2 rings (SSSR count). The highest BCUT2D eigenvalue weighted by Crippen LogP contribution is 2.34. The smallest absolute Gasteiger partial charge is 0.337 e. The highest BCUT2D eigenvalue weighted by molar-refractivity contribution is 6.02. The van der Waals surface area contributed by atoms with E-state index in [2.05, 4.69) is 5.32 Å². The number of rotatable bonds is 5. The average molecular weight is 350 g/mol. The first kappa shape index (κ1) is 18.6. The van der Waals surface area contributed by atoms with Gasteiger partial charge in [0.1, 0.15) is 0 Å². The van der Waals surface area contributed by atoms with Crippen LogP contribution in [0.4, 0.5) is 5.69 Å². The van der Waals surface area contributed by atoms with Crippen LogP contribution in [0.3, 0.4) is 0 Å². The van der Waals surface area contributed by atoms with E-state index < -0.39 is 5.97 Å². The number of nitrogens with one attached hydrogen (secondary N) is 1. The Hall–Kier alpha value is -2.77. The molecule has 2 amide bonds. The van der Waals surface area contributed by atoms with E-state index in [0.717, 1.165) is 0 Å². The van der Waals surface area contributed by atoms with Crippen molar-refractivity contribution in [3.8, 4) is 11.5 Å². The Kier molecular flexibility index (Phi) is 5.84. The first-order chi connectivity index (χ1) is 11.9. The third-order valence-corrected chi connectivity index (χ3v) is 4.32. The van der Waals surface area contributed by atoms with E-state index in [1.54, 1.807) is 4.90 Å². The number of carbonyl (C=O) groups excluding carboxylic acids is 2. The summed E-state index contributed by atoms with van der Waals surface area (Å²) in [6, 6.07) is 2.75. The van der Waals surface area contributed by atoms with Crippen molar-refractivity contribution in [2.24, 2.45) is 5.92 Å². The second kappa shape index (κ2) is 7.87. The van der Waals surface area contributed by atoms with Crippen LogP contribution >= 0.6 is 0 Å². The lowest BCUT2D eigenvalue weighted by atomic mass is 9.95. The fourth-order valence-corrected chi connectivity index (χ4v) is 2.85. The van der Waals surface area contributed by atoms with Crippen LogP contribution in [0.15, 0.2) is 12.1 Å². The maximum absolute atomic E-state index is 12.5. The third-order valence-electron chi connectivity index (χ3n) is 4.32. The van der Waals surface area contributed by atoms with Gasteiger partial charge in [0.25, 0.3) is 0 Å². The Morgan fingerprint density at radius 3 is 2.16 bits per heavy atom. The molecule has 0 atom stereocenters. The Bertz CT molecular complexity index is 680. The SMILES string of the molecule is COc1cc(NC(=O)C2CCN(C(C)=O)CC2)c(C(=O)O)cc1OC. The number of anilines is 1. The zero-order valence-corrected chi connectivity index (χ0v) is 14.5. The predicted molar refractivity (Wildman–Crippen MR) is 90.1 cm³/mol. The minimum atomic E-state index is -1.18. The molecule has 1 aromatic carbocycles. The molecular weight excluding hydrogens is 328 g/mol. The summed E-state index contributed by atoms with van der Waals surface area (Å²) < 4.78 is 10.3. The van der Waals surface area contributed by atoms with Crippen molar-refractivity contribution in [3.05, 3.63) is 17.7 Å². The van der Waals surface area contributed by atoms with Crippen LogP contribution in [0.5, 0.6) is 11.5 Å². The molecular formula is C17H22N2O6. The predicted octanol–water partition coefficient (Wildman–Crippen LogP) is 1.60. The second-order valence-corrected chi connectivity index (χ2v) is 5.83. The molecule has 0 radical (unpaired) electrons. The van der Waals surface area contributed by atoms with Gasteiger partial charge >= 0.3 is 5.97 Å². The molecule has 0 unspecified atom stereocenters. The number of carboxylic acid groups (broad SMARTS) is 1. The zero-order chi connectivity index (χ0) is 18.6. The Morgan fingerprint density at radius 2 is 1.68 bits per heavy atom. The van der Waals surface area contributed by atoms with Gasteiger partial charge in [0, 0.05) is 38.1 Å². The molecule has 136 valence electrons. The normalized spacial score (nSPS) is 14.8. The fourth-order valence-electron chi connectivity index (χ4n) is 2.85. The molecule has 8 heteroatoms. The maximum atomic E-state index is 12.5. The number of benzene rings is 1. The number of hydrogen-bond acceptors (Lipinski definition) is 5. The van der Waals surface area contributed by atoms with E-state index in [9.17, 15) is 19.5 Å². The van der Waals surface area contributed by atoms with Crippen LogP contribution in [0.2, 0.25) is 0 Å². The first-order valence-corrected chi connectivity index (χ1v) is 7.93. The van der Waals surface area contributed by atoms with E-state index in [4.69, 9.17) is 9.47 Å². The van der Waals surface area contributed by atoms with E-state index in [0.29, 0.717) is 31.7 Å². The number of likely N-dealkylation sites (tertiary alicyclic amines) is 1. The molecule has 0 spiro atoms. The molecule has 2 N–H and O–H groups in total. The summed E-state index contributed by atoms with van der Waals surface area (Å²) in [7, 11) is 2.84. The summed E-state index contributed by atoms with van der Waals surface area (Å²) >= 11 is 0. The second-order valence-electron chi connectivity index (χ2n) is 5.83. The summed E-state index contributed by atoms with van der Waals surface area (Å²) in [4.78, 5) is 37.0. The molecule has 0 aromatic heterocycles. The van der Waals surface area contributed by atoms with Gasteiger partial charge in [-0.2, -0.15) is 0 Å². The number of hydrogen-bond donors (Lipinski definition) is 2. The van der Waals surface area contributed by atoms with Crippen molar-refractivity contribution < 1.29 is 29.0 Å².